The molecular formula is C19H26ClNO5. The molecule has 26 heavy (non-hydrogen) atoms. The number of ether oxygens (including phenoxy) is 2. The second-order valence-corrected chi connectivity index (χ2v) is 6.96. The topological polar surface area (TPSA) is 81.7 Å². The Labute approximate surface area is 159 Å². The van der Waals surface area contributed by atoms with Crippen LogP contribution in [-0.2, 0) is 30.3 Å². The molecule has 0 aliphatic heterocycles. The van der Waals surface area contributed by atoms with E-state index in [1.165, 1.54) is 20.8 Å². The van der Waals surface area contributed by atoms with Crippen molar-refractivity contribution in [2.24, 2.45) is 5.92 Å². The molecule has 0 saturated carbocycles. The highest BCUT2D eigenvalue weighted by molar-refractivity contribution is 6.30. The van der Waals surface area contributed by atoms with Gasteiger partial charge in [0.25, 0.3) is 0 Å². The molecule has 6 nitrogen and oxygen atoms in total. The molecule has 0 aliphatic carbocycles. The molecule has 0 heterocycles. The number of halogens is 1. The van der Waals surface area contributed by atoms with E-state index < -0.39 is 30.2 Å². The summed E-state index contributed by atoms with van der Waals surface area (Å²) in [5.74, 6) is -1.35. The molecule has 3 atom stereocenters. The standard InChI is InChI=1S/C19H26ClNO5/c1-11(2)19(26-14(5)24)18(21-12(3)22)17(25-13(4)23)10-15-6-8-16(20)9-7-15/h6-9,11,17-19H,10H2,1-5H3,(H,21,22). The van der Waals surface area contributed by atoms with E-state index in [4.69, 9.17) is 21.1 Å². The van der Waals surface area contributed by atoms with Gasteiger partial charge in [-0.2, -0.15) is 0 Å². The predicted octanol–water partition coefficient (Wildman–Crippen LogP) is 2.91. The molecular weight excluding hydrogens is 358 g/mol. The molecule has 0 radical (unpaired) electrons. The van der Waals surface area contributed by atoms with Crippen molar-refractivity contribution in [1.29, 1.82) is 0 Å². The molecule has 0 bridgehead atoms. The zero-order valence-corrected chi connectivity index (χ0v) is 16.5. The van der Waals surface area contributed by atoms with E-state index in [9.17, 15) is 14.4 Å². The Hall–Kier alpha value is -2.08. The SMILES string of the molecule is CC(=O)NC(C(Cc1ccc(Cl)cc1)OC(C)=O)C(OC(C)=O)C(C)C. The molecule has 1 aromatic carbocycles. The van der Waals surface area contributed by atoms with Gasteiger partial charge < -0.3 is 14.8 Å². The van der Waals surface area contributed by atoms with Gasteiger partial charge in [0.1, 0.15) is 18.2 Å². The Morgan fingerprint density at radius 1 is 1.00 bits per heavy atom. The first-order chi connectivity index (χ1) is 12.1. The van der Waals surface area contributed by atoms with Gasteiger partial charge >= 0.3 is 11.9 Å². The molecule has 0 aliphatic rings. The van der Waals surface area contributed by atoms with Crippen LogP contribution in [0.25, 0.3) is 0 Å². The number of nitrogens with one attached hydrogen (secondary N) is 1. The summed E-state index contributed by atoms with van der Waals surface area (Å²) in [5, 5.41) is 3.38. The molecule has 0 saturated heterocycles. The van der Waals surface area contributed by atoms with Crippen molar-refractivity contribution >= 4 is 29.4 Å². The number of hydrogen-bond acceptors (Lipinski definition) is 5. The summed E-state index contributed by atoms with van der Waals surface area (Å²) in [6.45, 7) is 7.71. The fourth-order valence-electron chi connectivity index (χ4n) is 2.74. The van der Waals surface area contributed by atoms with Crippen LogP contribution in [0.1, 0.15) is 40.2 Å². The molecule has 0 aromatic heterocycles. The van der Waals surface area contributed by atoms with Crippen LogP contribution in [0.15, 0.2) is 24.3 Å². The van der Waals surface area contributed by atoms with Crippen molar-refractivity contribution in [3.05, 3.63) is 34.9 Å². The molecule has 3 unspecified atom stereocenters. The lowest BCUT2D eigenvalue weighted by Crippen LogP contribution is -2.55. The van der Waals surface area contributed by atoms with Crippen LogP contribution in [0, 0.1) is 5.92 Å². The monoisotopic (exact) mass is 383 g/mol. The zero-order valence-electron chi connectivity index (χ0n) is 15.7. The van der Waals surface area contributed by atoms with Crippen molar-refractivity contribution in [1.82, 2.24) is 5.32 Å². The number of carbonyl (C=O) groups excluding carboxylic acids is 3. The van der Waals surface area contributed by atoms with Gasteiger partial charge in [0.15, 0.2) is 0 Å². The molecule has 144 valence electrons. The van der Waals surface area contributed by atoms with Gasteiger partial charge in [-0.05, 0) is 23.6 Å². The number of esters is 2. The third kappa shape index (κ3) is 7.44. The highest BCUT2D eigenvalue weighted by Crippen LogP contribution is 2.21. The maximum atomic E-state index is 11.7. The number of rotatable bonds is 8. The van der Waals surface area contributed by atoms with Crippen LogP contribution >= 0.6 is 11.6 Å². The van der Waals surface area contributed by atoms with Crippen molar-refractivity contribution in [3.63, 3.8) is 0 Å². The molecule has 1 aromatic rings. The predicted molar refractivity (Wildman–Crippen MR) is 98.7 cm³/mol. The lowest BCUT2D eigenvalue weighted by molar-refractivity contribution is -0.159. The second-order valence-electron chi connectivity index (χ2n) is 6.52. The average Bonchev–Trinajstić information content (AvgIpc) is 2.51. The Kier molecular flexibility index (Phi) is 8.58. The molecule has 1 rings (SSSR count). The van der Waals surface area contributed by atoms with E-state index in [2.05, 4.69) is 5.32 Å². The van der Waals surface area contributed by atoms with Gasteiger partial charge in [-0.3, -0.25) is 14.4 Å². The third-order valence-corrected chi connectivity index (χ3v) is 4.00. The number of hydrogen-bond donors (Lipinski definition) is 1. The van der Waals surface area contributed by atoms with E-state index in [-0.39, 0.29) is 11.8 Å². The van der Waals surface area contributed by atoms with Crippen molar-refractivity contribution in [3.8, 4) is 0 Å². The van der Waals surface area contributed by atoms with E-state index >= 15 is 0 Å². The largest absolute Gasteiger partial charge is 0.460 e. The molecule has 0 fully saturated rings. The lowest BCUT2D eigenvalue weighted by atomic mass is 9.91. The highest BCUT2D eigenvalue weighted by atomic mass is 35.5. The molecule has 0 spiro atoms. The fraction of sp³-hybridized carbons (Fsp3) is 0.526. The van der Waals surface area contributed by atoms with Gasteiger partial charge in [-0.15, -0.1) is 0 Å². The Balaban J connectivity index is 3.21. The molecule has 1 amide bonds. The van der Waals surface area contributed by atoms with Crippen molar-refractivity contribution in [2.75, 3.05) is 0 Å². The van der Waals surface area contributed by atoms with Crippen LogP contribution in [-0.4, -0.2) is 36.1 Å². The van der Waals surface area contributed by atoms with Gasteiger partial charge in [-0.25, -0.2) is 0 Å². The van der Waals surface area contributed by atoms with Crippen LogP contribution in [0.3, 0.4) is 0 Å². The number of benzene rings is 1. The lowest BCUT2D eigenvalue weighted by Gasteiger charge is -2.35. The molecule has 1 N–H and O–H groups in total. The summed E-state index contributed by atoms with van der Waals surface area (Å²) < 4.78 is 10.9. The van der Waals surface area contributed by atoms with Crippen LogP contribution in [0.5, 0.6) is 0 Å². The first-order valence-corrected chi connectivity index (χ1v) is 8.84. The molecule has 7 heteroatoms. The maximum Gasteiger partial charge on any atom is 0.302 e. The van der Waals surface area contributed by atoms with Gasteiger partial charge in [-0.1, -0.05) is 37.6 Å². The van der Waals surface area contributed by atoms with Crippen molar-refractivity contribution in [2.45, 2.75) is 59.3 Å². The Morgan fingerprint density at radius 2 is 1.54 bits per heavy atom. The van der Waals surface area contributed by atoms with E-state index in [0.717, 1.165) is 5.56 Å². The van der Waals surface area contributed by atoms with E-state index in [1.54, 1.807) is 12.1 Å². The van der Waals surface area contributed by atoms with Crippen LogP contribution < -0.4 is 5.32 Å². The summed E-state index contributed by atoms with van der Waals surface area (Å²) in [7, 11) is 0. The van der Waals surface area contributed by atoms with Gasteiger partial charge in [0.05, 0.1) is 0 Å². The normalized spacial score (nSPS) is 14.3. The van der Waals surface area contributed by atoms with Crippen LogP contribution in [0.2, 0.25) is 5.02 Å². The second kappa shape index (κ2) is 10.2. The Morgan fingerprint density at radius 3 is 1.96 bits per heavy atom. The third-order valence-electron chi connectivity index (χ3n) is 3.75. The summed E-state index contributed by atoms with van der Waals surface area (Å²) in [6, 6.07) is 6.43. The smallest absolute Gasteiger partial charge is 0.302 e. The zero-order chi connectivity index (χ0) is 19.9. The number of carbonyl (C=O) groups is 3. The fourth-order valence-corrected chi connectivity index (χ4v) is 2.87. The highest BCUT2D eigenvalue weighted by Gasteiger charge is 2.36. The minimum atomic E-state index is -0.704. The van der Waals surface area contributed by atoms with E-state index in [0.29, 0.717) is 11.4 Å². The Bertz CT molecular complexity index is 629. The summed E-state index contributed by atoms with van der Waals surface area (Å²) in [6.07, 6.45) is -1.01. The average molecular weight is 384 g/mol. The summed E-state index contributed by atoms with van der Waals surface area (Å²) in [4.78, 5) is 34.9. The van der Waals surface area contributed by atoms with Crippen molar-refractivity contribution < 1.29 is 23.9 Å². The van der Waals surface area contributed by atoms with Gasteiger partial charge in [0.2, 0.25) is 5.91 Å². The van der Waals surface area contributed by atoms with Crippen LogP contribution in [0.4, 0.5) is 0 Å². The van der Waals surface area contributed by atoms with E-state index in [1.807, 2.05) is 26.0 Å². The first-order valence-electron chi connectivity index (χ1n) is 8.46. The maximum absolute atomic E-state index is 11.7. The minimum Gasteiger partial charge on any atom is -0.460 e. The first kappa shape index (κ1) is 22.0. The number of amides is 1. The summed E-state index contributed by atoms with van der Waals surface area (Å²) >= 11 is 5.91. The summed E-state index contributed by atoms with van der Waals surface area (Å²) in [5.41, 5.74) is 0.876. The minimum absolute atomic E-state index is 0.0981. The van der Waals surface area contributed by atoms with Gasteiger partial charge in [0, 0.05) is 32.2 Å². The quantitative estimate of drug-likeness (QED) is 0.698.